The van der Waals surface area contributed by atoms with Crippen molar-refractivity contribution in [2.75, 3.05) is 11.9 Å². The summed E-state index contributed by atoms with van der Waals surface area (Å²) >= 11 is 1.60. The van der Waals surface area contributed by atoms with Crippen LogP contribution in [0.15, 0.2) is 11.6 Å². The van der Waals surface area contributed by atoms with Crippen molar-refractivity contribution in [3.8, 4) is 0 Å². The summed E-state index contributed by atoms with van der Waals surface area (Å²) in [6.07, 6.45) is 2.65. The molecule has 2 rings (SSSR count). The Morgan fingerprint density at radius 3 is 2.68 bits per heavy atom. The molecule has 22 heavy (non-hydrogen) atoms. The number of carbonyl (C=O) groups excluding carboxylic acids is 1. The molecule has 0 aliphatic heterocycles. The molecule has 0 saturated heterocycles. The van der Waals surface area contributed by atoms with Gasteiger partial charge >= 0.3 is 0 Å². The van der Waals surface area contributed by atoms with E-state index >= 15 is 0 Å². The van der Waals surface area contributed by atoms with Crippen LogP contribution in [0.1, 0.15) is 36.7 Å². The molecule has 0 aliphatic rings. The van der Waals surface area contributed by atoms with Crippen molar-refractivity contribution in [3.05, 3.63) is 28.0 Å². The van der Waals surface area contributed by atoms with Crippen molar-refractivity contribution < 1.29 is 4.79 Å². The molecule has 0 bridgehead atoms. The van der Waals surface area contributed by atoms with Gasteiger partial charge in [0.25, 0.3) is 0 Å². The van der Waals surface area contributed by atoms with Gasteiger partial charge in [-0.15, -0.1) is 11.3 Å². The first-order valence-corrected chi connectivity index (χ1v) is 8.20. The predicted molar refractivity (Wildman–Crippen MR) is 89.1 cm³/mol. The van der Waals surface area contributed by atoms with Gasteiger partial charge in [0.15, 0.2) is 0 Å². The number of anilines is 1. The standard InChI is InChI=1S/C15H23N5OS/c1-6-15(4,14-16-7-8-22-14)17-9-12(21)18-13-10(2)19-20(5)11(13)3/h7-8,17H,6,9H2,1-5H3,(H,18,21)/t15-/m1/s1. The number of amides is 1. The van der Waals surface area contributed by atoms with Gasteiger partial charge in [0.1, 0.15) is 5.01 Å². The molecule has 1 atom stereocenters. The maximum atomic E-state index is 12.2. The lowest BCUT2D eigenvalue weighted by Gasteiger charge is -2.27. The molecule has 0 saturated carbocycles. The Bertz CT molecular complexity index is 649. The number of thiazole rings is 1. The second kappa shape index (κ2) is 6.58. The van der Waals surface area contributed by atoms with E-state index in [2.05, 4.69) is 34.6 Å². The van der Waals surface area contributed by atoms with Crippen molar-refractivity contribution in [1.82, 2.24) is 20.1 Å². The summed E-state index contributed by atoms with van der Waals surface area (Å²) in [6.45, 7) is 8.22. The minimum atomic E-state index is -0.287. The van der Waals surface area contributed by atoms with Gasteiger partial charge < -0.3 is 5.32 Å². The fraction of sp³-hybridized carbons (Fsp3) is 0.533. The molecule has 2 heterocycles. The first-order valence-electron chi connectivity index (χ1n) is 7.32. The van der Waals surface area contributed by atoms with Gasteiger partial charge in [-0.1, -0.05) is 6.92 Å². The molecule has 7 heteroatoms. The smallest absolute Gasteiger partial charge is 0.238 e. The lowest BCUT2D eigenvalue weighted by Crippen LogP contribution is -2.43. The number of aromatic nitrogens is 3. The van der Waals surface area contributed by atoms with Crippen LogP contribution in [-0.4, -0.2) is 27.2 Å². The first-order chi connectivity index (χ1) is 10.4. The number of carbonyl (C=O) groups is 1. The first kappa shape index (κ1) is 16.6. The minimum absolute atomic E-state index is 0.0737. The lowest BCUT2D eigenvalue weighted by atomic mass is 10.00. The van der Waals surface area contributed by atoms with E-state index in [0.717, 1.165) is 28.5 Å². The van der Waals surface area contributed by atoms with E-state index in [9.17, 15) is 4.79 Å². The fourth-order valence-electron chi connectivity index (χ4n) is 2.26. The highest BCUT2D eigenvalue weighted by molar-refractivity contribution is 7.09. The van der Waals surface area contributed by atoms with Crippen LogP contribution in [-0.2, 0) is 17.4 Å². The monoisotopic (exact) mass is 321 g/mol. The highest BCUT2D eigenvalue weighted by Gasteiger charge is 2.27. The van der Waals surface area contributed by atoms with Crippen molar-refractivity contribution in [3.63, 3.8) is 0 Å². The van der Waals surface area contributed by atoms with Crippen LogP contribution in [0.4, 0.5) is 5.69 Å². The number of nitrogens with one attached hydrogen (secondary N) is 2. The molecule has 0 aromatic carbocycles. The van der Waals surface area contributed by atoms with Crippen LogP contribution in [0.3, 0.4) is 0 Å². The van der Waals surface area contributed by atoms with E-state index in [1.54, 1.807) is 22.2 Å². The van der Waals surface area contributed by atoms with Gasteiger partial charge in [-0.05, 0) is 27.2 Å². The second-order valence-electron chi connectivity index (χ2n) is 5.59. The Labute approximate surface area is 135 Å². The summed E-state index contributed by atoms with van der Waals surface area (Å²) in [6, 6.07) is 0. The van der Waals surface area contributed by atoms with E-state index in [1.165, 1.54) is 0 Å². The van der Waals surface area contributed by atoms with Gasteiger partial charge in [-0.2, -0.15) is 5.10 Å². The van der Waals surface area contributed by atoms with Gasteiger partial charge in [-0.3, -0.25) is 14.8 Å². The minimum Gasteiger partial charge on any atom is -0.322 e. The summed E-state index contributed by atoms with van der Waals surface area (Å²) < 4.78 is 1.77. The molecule has 2 aromatic heterocycles. The van der Waals surface area contributed by atoms with Gasteiger partial charge in [0.2, 0.25) is 5.91 Å². The summed E-state index contributed by atoms with van der Waals surface area (Å²) in [7, 11) is 1.87. The average Bonchev–Trinajstić information content (AvgIpc) is 3.10. The molecule has 0 unspecified atom stereocenters. The molecular formula is C15H23N5OS. The number of hydrogen-bond acceptors (Lipinski definition) is 5. The van der Waals surface area contributed by atoms with E-state index in [-0.39, 0.29) is 18.0 Å². The van der Waals surface area contributed by atoms with Crippen LogP contribution >= 0.6 is 11.3 Å². The normalized spacial score (nSPS) is 13.9. The summed E-state index contributed by atoms with van der Waals surface area (Å²) in [5.41, 5.74) is 2.28. The van der Waals surface area contributed by atoms with Crippen LogP contribution < -0.4 is 10.6 Å². The van der Waals surface area contributed by atoms with Crippen LogP contribution in [0.5, 0.6) is 0 Å². The van der Waals surface area contributed by atoms with Gasteiger partial charge in [0.05, 0.1) is 29.2 Å². The topological polar surface area (TPSA) is 71.8 Å². The van der Waals surface area contributed by atoms with E-state index in [0.29, 0.717) is 0 Å². The zero-order chi connectivity index (χ0) is 16.3. The maximum absolute atomic E-state index is 12.2. The Balaban J connectivity index is 2.00. The third-order valence-corrected chi connectivity index (χ3v) is 5.06. The molecule has 0 spiro atoms. The molecule has 0 radical (unpaired) electrons. The van der Waals surface area contributed by atoms with Crippen molar-refractivity contribution in [2.24, 2.45) is 7.05 Å². The number of nitrogens with zero attached hydrogens (tertiary/aromatic N) is 3. The van der Waals surface area contributed by atoms with Crippen molar-refractivity contribution in [1.29, 1.82) is 0 Å². The summed E-state index contributed by atoms with van der Waals surface area (Å²) in [4.78, 5) is 16.6. The molecule has 6 nitrogen and oxygen atoms in total. The summed E-state index contributed by atoms with van der Waals surface area (Å²) in [5, 5.41) is 13.5. The molecule has 2 N–H and O–H groups in total. The van der Waals surface area contributed by atoms with Crippen molar-refractivity contribution >= 4 is 22.9 Å². The van der Waals surface area contributed by atoms with E-state index < -0.39 is 0 Å². The molecule has 1 amide bonds. The Morgan fingerprint density at radius 2 is 2.18 bits per heavy atom. The van der Waals surface area contributed by atoms with Crippen LogP contribution in [0.2, 0.25) is 0 Å². The van der Waals surface area contributed by atoms with E-state index in [1.807, 2.05) is 26.3 Å². The molecular weight excluding hydrogens is 298 g/mol. The molecule has 0 aliphatic carbocycles. The number of aryl methyl sites for hydroxylation is 2. The largest absolute Gasteiger partial charge is 0.322 e. The maximum Gasteiger partial charge on any atom is 0.238 e. The fourth-order valence-corrected chi connectivity index (χ4v) is 3.11. The molecule has 0 fully saturated rings. The second-order valence-corrected chi connectivity index (χ2v) is 6.49. The lowest BCUT2D eigenvalue weighted by molar-refractivity contribution is -0.115. The highest BCUT2D eigenvalue weighted by atomic mass is 32.1. The van der Waals surface area contributed by atoms with Gasteiger partial charge in [0, 0.05) is 18.6 Å². The highest BCUT2D eigenvalue weighted by Crippen LogP contribution is 2.26. The van der Waals surface area contributed by atoms with Crippen LogP contribution in [0.25, 0.3) is 0 Å². The predicted octanol–water partition coefficient (Wildman–Crippen LogP) is 2.35. The SMILES string of the molecule is CC[C@@](C)(NCC(=O)Nc1c(C)nn(C)c1C)c1nccs1. The van der Waals surface area contributed by atoms with Crippen LogP contribution in [0, 0.1) is 13.8 Å². The van der Waals surface area contributed by atoms with Gasteiger partial charge in [-0.25, -0.2) is 4.98 Å². The number of rotatable bonds is 6. The Hall–Kier alpha value is -1.73. The zero-order valence-corrected chi connectivity index (χ0v) is 14.5. The average molecular weight is 321 g/mol. The molecule has 120 valence electrons. The third-order valence-electron chi connectivity index (χ3n) is 4.02. The van der Waals surface area contributed by atoms with Crippen molar-refractivity contribution in [2.45, 2.75) is 39.7 Å². The summed E-state index contributed by atoms with van der Waals surface area (Å²) in [5.74, 6) is -0.0737. The van der Waals surface area contributed by atoms with E-state index in [4.69, 9.17) is 0 Å². The Morgan fingerprint density at radius 1 is 1.45 bits per heavy atom. The quantitative estimate of drug-likeness (QED) is 0.856. The third kappa shape index (κ3) is 3.36. The number of hydrogen-bond donors (Lipinski definition) is 2. The molecule has 2 aromatic rings. The Kier molecular flexibility index (Phi) is 4.97. The zero-order valence-electron chi connectivity index (χ0n) is 13.7.